The second kappa shape index (κ2) is 15.3. The van der Waals surface area contributed by atoms with Gasteiger partial charge in [-0.2, -0.15) is 0 Å². The van der Waals surface area contributed by atoms with Gasteiger partial charge < -0.3 is 24.6 Å². The fraction of sp³-hybridized carbons (Fsp3) is 0.317. The first-order valence-electron chi connectivity index (χ1n) is 16.8. The third-order valence-corrected chi connectivity index (χ3v) is 9.36. The maximum absolute atomic E-state index is 12.3. The number of nitrogens with zero attached hydrogens (tertiary/aromatic N) is 1. The Morgan fingerprint density at radius 1 is 0.857 bits per heavy atom. The number of rotatable bonds is 11. The van der Waals surface area contributed by atoms with Gasteiger partial charge in [0.15, 0.2) is 12.4 Å². The molecule has 1 aliphatic rings. The summed E-state index contributed by atoms with van der Waals surface area (Å²) in [4.78, 5) is 25.9. The van der Waals surface area contributed by atoms with Gasteiger partial charge in [0.2, 0.25) is 0 Å². The minimum Gasteiger partial charge on any atom is -0.453 e. The number of esters is 1. The highest BCUT2D eigenvalue weighted by atomic mass is 16.7. The minimum atomic E-state index is -0.861. The number of amides is 1. The second-order valence-electron chi connectivity index (χ2n) is 13.0. The Balaban J connectivity index is 1.22. The van der Waals surface area contributed by atoms with Crippen molar-refractivity contribution in [3.63, 3.8) is 0 Å². The first kappa shape index (κ1) is 34.3. The van der Waals surface area contributed by atoms with Crippen molar-refractivity contribution in [1.29, 1.82) is 0 Å². The van der Waals surface area contributed by atoms with E-state index >= 15 is 0 Å². The number of ether oxygens (including phenoxy) is 3. The van der Waals surface area contributed by atoms with Crippen LogP contribution in [0.3, 0.4) is 0 Å². The number of likely N-dealkylation sites (N-methyl/N-ethyl adjacent to an activating group) is 1. The van der Waals surface area contributed by atoms with E-state index in [4.69, 9.17) is 14.2 Å². The average molecular weight is 661 g/mol. The highest BCUT2D eigenvalue weighted by molar-refractivity contribution is 6.02. The van der Waals surface area contributed by atoms with Gasteiger partial charge >= 0.3 is 5.97 Å². The van der Waals surface area contributed by atoms with Crippen LogP contribution in [0.5, 0.6) is 0 Å². The molecule has 2 N–H and O–H groups in total. The monoisotopic (exact) mass is 660 g/mol. The molecular weight excluding hydrogens is 616 g/mol. The maximum Gasteiger partial charge on any atom is 0.303 e. The van der Waals surface area contributed by atoms with Crippen molar-refractivity contribution in [3.8, 4) is 0 Å². The summed E-state index contributed by atoms with van der Waals surface area (Å²) >= 11 is 0. The molecule has 0 aromatic heterocycles. The summed E-state index contributed by atoms with van der Waals surface area (Å²) in [5, 5.41) is 17.4. The van der Waals surface area contributed by atoms with Crippen molar-refractivity contribution in [2.24, 2.45) is 5.92 Å². The summed E-state index contributed by atoms with van der Waals surface area (Å²) in [5.74, 6) is -0.814. The number of hydrogen-bond acceptors (Lipinski definition) is 7. The molecule has 5 aromatic rings. The van der Waals surface area contributed by atoms with Crippen LogP contribution in [0.4, 0.5) is 0 Å². The van der Waals surface area contributed by atoms with Gasteiger partial charge in [0.05, 0.1) is 18.8 Å². The Bertz CT molecular complexity index is 1850. The molecule has 8 nitrogen and oxygen atoms in total. The lowest BCUT2D eigenvalue weighted by molar-refractivity contribution is -0.276. The van der Waals surface area contributed by atoms with Gasteiger partial charge in [0.25, 0.3) is 5.91 Å². The van der Waals surface area contributed by atoms with Crippen LogP contribution < -0.4 is 5.32 Å². The lowest BCUT2D eigenvalue weighted by Crippen LogP contribution is -2.43. The molecule has 0 aliphatic carbocycles. The van der Waals surface area contributed by atoms with Crippen LogP contribution in [-0.2, 0) is 43.5 Å². The average Bonchev–Trinajstić information content (AvgIpc) is 3.11. The van der Waals surface area contributed by atoms with E-state index in [9.17, 15) is 14.7 Å². The largest absolute Gasteiger partial charge is 0.453 e. The molecule has 8 heteroatoms. The molecule has 49 heavy (non-hydrogen) atoms. The normalized spacial score (nSPS) is 20.0. The summed E-state index contributed by atoms with van der Waals surface area (Å²) in [7, 11) is 2.15. The lowest BCUT2D eigenvalue weighted by Gasteiger charge is -2.42. The van der Waals surface area contributed by atoms with Crippen LogP contribution >= 0.6 is 0 Å². The molecule has 254 valence electrons. The quantitative estimate of drug-likeness (QED) is 0.117. The first-order valence-corrected chi connectivity index (χ1v) is 16.8. The van der Waals surface area contributed by atoms with Crippen molar-refractivity contribution in [1.82, 2.24) is 10.2 Å². The van der Waals surface area contributed by atoms with Gasteiger partial charge in [-0.05, 0) is 63.8 Å². The molecule has 6 rings (SSSR count). The maximum atomic E-state index is 12.3. The van der Waals surface area contributed by atoms with E-state index in [1.165, 1.54) is 34.0 Å². The molecule has 5 atom stereocenters. The molecular formula is C41H44N2O6. The summed E-state index contributed by atoms with van der Waals surface area (Å²) in [5.41, 5.74) is 4.95. The van der Waals surface area contributed by atoms with E-state index in [0.717, 1.165) is 28.8 Å². The molecule has 1 aliphatic heterocycles. The highest BCUT2D eigenvalue weighted by Gasteiger charge is 2.39. The fourth-order valence-corrected chi connectivity index (χ4v) is 6.68. The molecule has 0 saturated carbocycles. The number of carbonyl (C=O) groups is 2. The van der Waals surface area contributed by atoms with Gasteiger partial charge in [0, 0.05) is 38.0 Å². The number of hydrogen-bond donors (Lipinski definition) is 2. The van der Waals surface area contributed by atoms with Gasteiger partial charge in [-0.15, -0.1) is 0 Å². The number of carbonyl (C=O) groups excluding carboxylic acids is 2. The predicted molar refractivity (Wildman–Crippen MR) is 190 cm³/mol. The van der Waals surface area contributed by atoms with E-state index < -0.39 is 18.4 Å². The molecule has 1 amide bonds. The van der Waals surface area contributed by atoms with E-state index in [1.54, 1.807) is 6.92 Å². The summed E-state index contributed by atoms with van der Waals surface area (Å²) < 4.78 is 18.4. The van der Waals surface area contributed by atoms with Gasteiger partial charge in [0.1, 0.15) is 0 Å². The number of nitrogens with one attached hydrogen (secondary N) is 1. The van der Waals surface area contributed by atoms with Crippen LogP contribution in [0, 0.1) is 5.92 Å². The van der Waals surface area contributed by atoms with Crippen molar-refractivity contribution >= 4 is 33.4 Å². The SMILES string of the molecule is CC(=O)OC(C)C(=O)NCc1ccc(C2OC(CN(C)Cc3c4ccccc4cc4ccccc34)C(C)C(c3ccc(CO)cc3)O2)cc1. The van der Waals surface area contributed by atoms with Crippen LogP contribution in [-0.4, -0.2) is 47.7 Å². The summed E-state index contributed by atoms with van der Waals surface area (Å²) in [6.45, 7) is 6.73. The number of aliphatic hydroxyl groups excluding tert-OH is 1. The van der Waals surface area contributed by atoms with Gasteiger partial charge in [-0.1, -0.05) is 104 Å². The van der Waals surface area contributed by atoms with E-state index in [0.29, 0.717) is 13.1 Å². The Morgan fingerprint density at radius 3 is 2.06 bits per heavy atom. The third kappa shape index (κ3) is 8.00. The van der Waals surface area contributed by atoms with Crippen LogP contribution in [0.25, 0.3) is 21.5 Å². The zero-order valence-corrected chi connectivity index (χ0v) is 28.5. The molecule has 1 saturated heterocycles. The van der Waals surface area contributed by atoms with E-state index in [2.05, 4.69) is 78.8 Å². The lowest BCUT2D eigenvalue weighted by atomic mass is 9.89. The Labute approximate surface area is 287 Å². The molecule has 5 unspecified atom stereocenters. The topological polar surface area (TPSA) is 97.3 Å². The molecule has 1 heterocycles. The van der Waals surface area contributed by atoms with Crippen LogP contribution in [0.2, 0.25) is 0 Å². The predicted octanol–water partition coefficient (Wildman–Crippen LogP) is 6.98. The molecule has 5 aromatic carbocycles. The van der Waals surface area contributed by atoms with Crippen molar-refractivity contribution in [2.45, 2.75) is 65.1 Å². The van der Waals surface area contributed by atoms with E-state index in [-0.39, 0.29) is 30.6 Å². The fourth-order valence-electron chi connectivity index (χ4n) is 6.68. The standard InChI is InChI=1S/C41H44N2O6/c1-26-38(24-43(4)23-37-35-11-7-5-9-33(35)21-34-10-6-8-12-36(34)37)48-41(49-39(26)31-17-15-30(25-44)16-18-31)32-19-13-29(14-20-32)22-42-40(46)27(2)47-28(3)45/h5-21,26-27,38-39,41,44H,22-25H2,1-4H3,(H,42,46). The van der Waals surface area contributed by atoms with E-state index in [1.807, 2.05) is 48.5 Å². The van der Waals surface area contributed by atoms with Crippen molar-refractivity contribution in [2.75, 3.05) is 13.6 Å². The van der Waals surface area contributed by atoms with Crippen molar-refractivity contribution in [3.05, 3.63) is 131 Å². The van der Waals surface area contributed by atoms with Gasteiger partial charge in [-0.25, -0.2) is 0 Å². The number of aliphatic hydroxyl groups is 1. The summed E-state index contributed by atoms with van der Waals surface area (Å²) in [6.07, 6.45) is -1.84. The highest BCUT2D eigenvalue weighted by Crippen LogP contribution is 2.42. The third-order valence-electron chi connectivity index (χ3n) is 9.36. The minimum absolute atomic E-state index is 0.0150. The Kier molecular flexibility index (Phi) is 10.7. The number of benzene rings is 5. The second-order valence-corrected chi connectivity index (χ2v) is 13.0. The molecule has 0 spiro atoms. The molecule has 0 radical (unpaired) electrons. The van der Waals surface area contributed by atoms with Gasteiger partial charge in [-0.3, -0.25) is 14.5 Å². The molecule has 1 fully saturated rings. The van der Waals surface area contributed by atoms with Crippen LogP contribution in [0.15, 0.2) is 103 Å². The Hall–Kier alpha value is -4.60. The first-order chi connectivity index (χ1) is 23.7. The zero-order valence-electron chi connectivity index (χ0n) is 28.5. The van der Waals surface area contributed by atoms with Crippen LogP contribution in [0.1, 0.15) is 61.0 Å². The van der Waals surface area contributed by atoms with Crippen molar-refractivity contribution < 1.29 is 28.9 Å². The number of fused-ring (bicyclic) bond motifs is 2. The smallest absolute Gasteiger partial charge is 0.303 e. The Morgan fingerprint density at radius 2 is 1.45 bits per heavy atom. The summed E-state index contributed by atoms with van der Waals surface area (Å²) in [6, 6.07) is 35.1. The zero-order chi connectivity index (χ0) is 34.5. The molecule has 0 bridgehead atoms.